The second-order valence-electron chi connectivity index (χ2n) is 5.32. The molecule has 0 aliphatic rings. The normalized spacial score (nSPS) is 10.6. The minimum Gasteiger partial charge on any atom is -0.384 e. The van der Waals surface area contributed by atoms with Crippen LogP contribution in [0.3, 0.4) is 0 Å². The molecule has 0 saturated carbocycles. The van der Waals surface area contributed by atoms with E-state index in [0.29, 0.717) is 22.9 Å². The van der Waals surface area contributed by atoms with Gasteiger partial charge in [-0.2, -0.15) is 0 Å². The number of amides is 1. The molecule has 4 nitrogen and oxygen atoms in total. The van der Waals surface area contributed by atoms with Crippen LogP contribution in [-0.4, -0.2) is 17.4 Å². The molecule has 5 heteroatoms. The van der Waals surface area contributed by atoms with E-state index in [9.17, 15) is 4.79 Å². The van der Waals surface area contributed by atoms with E-state index in [4.69, 9.17) is 17.3 Å². The number of carbonyl (C=O) groups excluding carboxylic acids is 1. The summed E-state index contributed by atoms with van der Waals surface area (Å²) in [5.41, 5.74) is 5.95. The first-order valence-electron chi connectivity index (χ1n) is 7.84. The number of nitrogen functional groups attached to an aromatic ring is 1. The van der Waals surface area contributed by atoms with Crippen LogP contribution in [0.5, 0.6) is 0 Å². The van der Waals surface area contributed by atoms with Gasteiger partial charge in [0.2, 0.25) is 0 Å². The molecule has 0 aliphatic carbocycles. The highest BCUT2D eigenvalue weighted by molar-refractivity contribution is 6.33. The van der Waals surface area contributed by atoms with Gasteiger partial charge in [0.15, 0.2) is 0 Å². The molecule has 0 spiro atoms. The number of hydrogen-bond acceptors (Lipinski definition) is 3. The van der Waals surface area contributed by atoms with Crippen LogP contribution >= 0.6 is 11.6 Å². The topological polar surface area (TPSA) is 68.0 Å². The fraction of sp³-hybridized carbons (Fsp3) is 0.625. The number of nitrogens with two attached hydrogens (primary N) is 1. The highest BCUT2D eigenvalue weighted by Gasteiger charge is 2.10. The average Bonchev–Trinajstić information content (AvgIpc) is 2.48. The quantitative estimate of drug-likeness (QED) is 0.637. The first-order valence-corrected chi connectivity index (χ1v) is 8.22. The summed E-state index contributed by atoms with van der Waals surface area (Å²) in [6, 6.07) is 1.51. The molecule has 21 heavy (non-hydrogen) atoms. The minimum atomic E-state index is -0.183. The fourth-order valence-electron chi connectivity index (χ4n) is 2.18. The molecule has 0 radical (unpaired) electrons. The molecule has 1 heterocycles. The molecular weight excluding hydrogens is 286 g/mol. The van der Waals surface area contributed by atoms with Crippen LogP contribution < -0.4 is 11.1 Å². The lowest BCUT2D eigenvalue weighted by Crippen LogP contribution is -2.25. The highest BCUT2D eigenvalue weighted by atomic mass is 35.5. The van der Waals surface area contributed by atoms with E-state index in [2.05, 4.69) is 17.2 Å². The predicted molar refractivity (Wildman–Crippen MR) is 88.6 cm³/mol. The van der Waals surface area contributed by atoms with E-state index < -0.39 is 0 Å². The highest BCUT2D eigenvalue weighted by Crippen LogP contribution is 2.16. The van der Waals surface area contributed by atoms with E-state index in [1.165, 1.54) is 50.8 Å². The number of rotatable bonds is 10. The average molecular weight is 312 g/mol. The maximum Gasteiger partial charge on any atom is 0.252 e. The number of hydrogen-bond donors (Lipinski definition) is 2. The molecule has 0 saturated heterocycles. The summed E-state index contributed by atoms with van der Waals surface area (Å²) in [6.45, 7) is 2.90. The monoisotopic (exact) mass is 311 g/mol. The lowest BCUT2D eigenvalue weighted by atomic mass is 10.1. The van der Waals surface area contributed by atoms with Crippen LogP contribution in [0.4, 0.5) is 5.82 Å². The number of halogens is 1. The van der Waals surface area contributed by atoms with Crippen LogP contribution in [-0.2, 0) is 0 Å². The van der Waals surface area contributed by atoms with Gasteiger partial charge in [0.1, 0.15) is 5.82 Å². The Kier molecular flexibility index (Phi) is 8.83. The van der Waals surface area contributed by atoms with Crippen molar-refractivity contribution in [1.82, 2.24) is 10.3 Å². The molecule has 0 bridgehead atoms. The van der Waals surface area contributed by atoms with Crippen LogP contribution in [0, 0.1) is 0 Å². The molecule has 1 amide bonds. The standard InChI is InChI=1S/C16H26ClN3O/c1-2-3-4-5-6-7-8-9-10-19-16(21)13-11-15(18)20-12-14(13)17/h11-12H,2-10H2,1H3,(H2,18,20)(H,19,21). The van der Waals surface area contributed by atoms with Crippen LogP contribution in [0.1, 0.15) is 68.6 Å². The van der Waals surface area contributed by atoms with Gasteiger partial charge in [-0.3, -0.25) is 4.79 Å². The fourth-order valence-corrected chi connectivity index (χ4v) is 2.37. The zero-order chi connectivity index (χ0) is 15.5. The van der Waals surface area contributed by atoms with Crippen molar-refractivity contribution >= 4 is 23.3 Å². The predicted octanol–water partition coefficient (Wildman–Crippen LogP) is 4.19. The van der Waals surface area contributed by atoms with E-state index in [-0.39, 0.29) is 5.91 Å². The number of carbonyl (C=O) groups is 1. The summed E-state index contributed by atoms with van der Waals surface area (Å²) in [4.78, 5) is 15.8. The lowest BCUT2D eigenvalue weighted by molar-refractivity contribution is 0.0953. The first kappa shape index (κ1) is 17.8. The Bertz CT molecular complexity index is 438. The van der Waals surface area contributed by atoms with E-state index in [1.54, 1.807) is 0 Å². The van der Waals surface area contributed by atoms with Crippen LogP contribution in [0.25, 0.3) is 0 Å². The second-order valence-corrected chi connectivity index (χ2v) is 5.73. The molecule has 0 atom stereocenters. The Hall–Kier alpha value is -1.29. The Labute approximate surface area is 132 Å². The lowest BCUT2D eigenvalue weighted by Gasteiger charge is -2.07. The van der Waals surface area contributed by atoms with Crippen LogP contribution in [0.15, 0.2) is 12.3 Å². The van der Waals surface area contributed by atoms with Gasteiger partial charge in [-0.25, -0.2) is 4.98 Å². The van der Waals surface area contributed by atoms with Gasteiger partial charge in [-0.15, -0.1) is 0 Å². The SMILES string of the molecule is CCCCCCCCCCNC(=O)c1cc(N)ncc1Cl. The summed E-state index contributed by atoms with van der Waals surface area (Å²) in [5.74, 6) is 0.119. The van der Waals surface area contributed by atoms with Crippen molar-refractivity contribution in [3.05, 3.63) is 22.8 Å². The largest absolute Gasteiger partial charge is 0.384 e. The van der Waals surface area contributed by atoms with Gasteiger partial charge < -0.3 is 11.1 Å². The zero-order valence-electron chi connectivity index (χ0n) is 12.8. The van der Waals surface area contributed by atoms with E-state index in [1.807, 2.05) is 0 Å². The smallest absolute Gasteiger partial charge is 0.252 e. The maximum absolute atomic E-state index is 11.9. The Morgan fingerprint density at radius 2 is 1.81 bits per heavy atom. The van der Waals surface area contributed by atoms with Gasteiger partial charge >= 0.3 is 0 Å². The van der Waals surface area contributed by atoms with Gasteiger partial charge in [0, 0.05) is 12.7 Å². The third-order valence-electron chi connectivity index (χ3n) is 3.44. The molecule has 0 aliphatic heterocycles. The molecular formula is C16H26ClN3O. The Morgan fingerprint density at radius 1 is 1.19 bits per heavy atom. The maximum atomic E-state index is 11.9. The van der Waals surface area contributed by atoms with Gasteiger partial charge in [-0.1, -0.05) is 63.5 Å². The van der Waals surface area contributed by atoms with Crippen molar-refractivity contribution in [3.8, 4) is 0 Å². The summed E-state index contributed by atoms with van der Waals surface area (Å²) in [7, 11) is 0. The molecule has 1 aromatic rings. The number of nitrogens with one attached hydrogen (secondary N) is 1. The second kappa shape index (κ2) is 10.4. The van der Waals surface area contributed by atoms with Gasteiger partial charge in [0.25, 0.3) is 5.91 Å². The molecule has 1 rings (SSSR count). The Morgan fingerprint density at radius 3 is 2.48 bits per heavy atom. The first-order chi connectivity index (χ1) is 10.1. The van der Waals surface area contributed by atoms with Crippen molar-refractivity contribution in [2.45, 2.75) is 58.3 Å². The van der Waals surface area contributed by atoms with Crippen molar-refractivity contribution in [2.24, 2.45) is 0 Å². The molecule has 0 fully saturated rings. The van der Waals surface area contributed by atoms with Crippen molar-refractivity contribution in [3.63, 3.8) is 0 Å². The number of aromatic nitrogens is 1. The number of nitrogens with zero attached hydrogens (tertiary/aromatic N) is 1. The molecule has 118 valence electrons. The van der Waals surface area contributed by atoms with Crippen molar-refractivity contribution in [1.29, 1.82) is 0 Å². The summed E-state index contributed by atoms with van der Waals surface area (Å²) >= 11 is 5.94. The van der Waals surface area contributed by atoms with Gasteiger partial charge in [-0.05, 0) is 12.5 Å². The zero-order valence-corrected chi connectivity index (χ0v) is 13.6. The number of anilines is 1. The summed E-state index contributed by atoms with van der Waals surface area (Å²) in [5, 5.41) is 3.20. The number of pyridine rings is 1. The van der Waals surface area contributed by atoms with Crippen LogP contribution in [0.2, 0.25) is 5.02 Å². The molecule has 0 aromatic carbocycles. The third kappa shape index (κ3) is 7.32. The van der Waals surface area contributed by atoms with Gasteiger partial charge in [0.05, 0.1) is 10.6 Å². The summed E-state index contributed by atoms with van der Waals surface area (Å²) < 4.78 is 0. The molecule has 0 unspecified atom stereocenters. The van der Waals surface area contributed by atoms with E-state index in [0.717, 1.165) is 12.8 Å². The molecule has 1 aromatic heterocycles. The third-order valence-corrected chi connectivity index (χ3v) is 3.74. The summed E-state index contributed by atoms with van der Waals surface area (Å²) in [6.07, 6.45) is 11.4. The van der Waals surface area contributed by atoms with Crippen molar-refractivity contribution in [2.75, 3.05) is 12.3 Å². The minimum absolute atomic E-state index is 0.183. The molecule has 3 N–H and O–H groups in total. The number of unbranched alkanes of at least 4 members (excludes halogenated alkanes) is 7. The van der Waals surface area contributed by atoms with Crippen molar-refractivity contribution < 1.29 is 4.79 Å². The Balaban J connectivity index is 2.12. The van der Waals surface area contributed by atoms with E-state index >= 15 is 0 Å².